The van der Waals surface area contributed by atoms with Gasteiger partial charge < -0.3 is 5.73 Å². The van der Waals surface area contributed by atoms with E-state index in [-0.39, 0.29) is 5.78 Å². The number of nitrogens with two attached hydrogens (primary N) is 1. The lowest BCUT2D eigenvalue weighted by atomic mass is 10.1. The molecule has 0 heterocycles. The van der Waals surface area contributed by atoms with Crippen LogP contribution in [0.2, 0.25) is 0 Å². The van der Waals surface area contributed by atoms with Gasteiger partial charge in [0.1, 0.15) is 5.92 Å². The molecule has 1 aromatic carbocycles. The molecule has 1 amide bonds. The highest BCUT2D eigenvalue weighted by Gasteiger charge is 2.33. The van der Waals surface area contributed by atoms with Crippen LogP contribution in [0.1, 0.15) is 15.9 Å². The fourth-order valence-corrected chi connectivity index (χ4v) is 1.67. The van der Waals surface area contributed by atoms with Crippen molar-refractivity contribution in [2.75, 3.05) is 0 Å². The van der Waals surface area contributed by atoms with Crippen LogP contribution in [0.15, 0.2) is 24.3 Å². The Morgan fingerprint density at radius 2 is 2.08 bits per heavy atom. The molecule has 0 saturated heterocycles. The number of ketones is 1. The zero-order chi connectivity index (χ0) is 9.42. The molecule has 2 N–H and O–H groups in total. The van der Waals surface area contributed by atoms with Crippen LogP contribution in [0.5, 0.6) is 0 Å². The van der Waals surface area contributed by atoms with Crippen LogP contribution in [0.25, 0.3) is 0 Å². The number of rotatable bonds is 1. The van der Waals surface area contributed by atoms with E-state index in [0.717, 1.165) is 5.56 Å². The van der Waals surface area contributed by atoms with Crippen molar-refractivity contribution in [2.45, 2.75) is 6.42 Å². The maximum atomic E-state index is 11.5. The second-order valence-electron chi connectivity index (χ2n) is 3.18. The molecular formula is C10H9NO2. The number of hydrogen-bond donors (Lipinski definition) is 1. The number of benzene rings is 1. The second-order valence-corrected chi connectivity index (χ2v) is 3.18. The zero-order valence-electron chi connectivity index (χ0n) is 6.99. The van der Waals surface area contributed by atoms with Crippen molar-refractivity contribution < 1.29 is 9.59 Å². The molecular weight excluding hydrogens is 166 g/mol. The van der Waals surface area contributed by atoms with Crippen LogP contribution in [0.4, 0.5) is 0 Å². The minimum absolute atomic E-state index is 0.136. The van der Waals surface area contributed by atoms with Gasteiger partial charge in [-0.15, -0.1) is 0 Å². The molecule has 13 heavy (non-hydrogen) atoms. The van der Waals surface area contributed by atoms with Gasteiger partial charge in [-0.1, -0.05) is 24.3 Å². The number of hydrogen-bond acceptors (Lipinski definition) is 2. The molecule has 0 bridgehead atoms. The molecule has 0 radical (unpaired) electrons. The molecule has 1 atom stereocenters. The SMILES string of the molecule is NC(=O)C1Cc2ccccc2C1=O. The smallest absolute Gasteiger partial charge is 0.228 e. The van der Waals surface area contributed by atoms with E-state index < -0.39 is 11.8 Å². The number of primary amides is 1. The van der Waals surface area contributed by atoms with E-state index in [1.165, 1.54) is 0 Å². The van der Waals surface area contributed by atoms with Crippen molar-refractivity contribution in [3.63, 3.8) is 0 Å². The Kier molecular flexibility index (Phi) is 1.65. The molecule has 0 fully saturated rings. The van der Waals surface area contributed by atoms with Crippen molar-refractivity contribution in [1.29, 1.82) is 0 Å². The third kappa shape index (κ3) is 1.13. The third-order valence-electron chi connectivity index (χ3n) is 2.37. The number of Topliss-reactive ketones (excluding diaryl/α,β-unsaturated/α-hetero) is 1. The molecule has 66 valence electrons. The monoisotopic (exact) mass is 175 g/mol. The average Bonchev–Trinajstić information content (AvgIpc) is 2.45. The highest BCUT2D eigenvalue weighted by Crippen LogP contribution is 2.25. The number of carbonyl (C=O) groups is 2. The predicted octanol–water partition coefficient (Wildman–Crippen LogP) is 0.527. The predicted molar refractivity (Wildman–Crippen MR) is 47.2 cm³/mol. The summed E-state index contributed by atoms with van der Waals surface area (Å²) in [5.41, 5.74) is 6.68. The van der Waals surface area contributed by atoms with Crippen molar-refractivity contribution in [1.82, 2.24) is 0 Å². The lowest BCUT2D eigenvalue weighted by Crippen LogP contribution is -2.27. The molecule has 0 aliphatic heterocycles. The van der Waals surface area contributed by atoms with Crippen LogP contribution in [-0.2, 0) is 11.2 Å². The van der Waals surface area contributed by atoms with Gasteiger partial charge in [0.25, 0.3) is 0 Å². The van der Waals surface area contributed by atoms with Crippen LogP contribution >= 0.6 is 0 Å². The van der Waals surface area contributed by atoms with Gasteiger partial charge in [0, 0.05) is 5.56 Å². The summed E-state index contributed by atoms with van der Waals surface area (Å²) in [6.07, 6.45) is 0.463. The maximum Gasteiger partial charge on any atom is 0.228 e. The van der Waals surface area contributed by atoms with Gasteiger partial charge >= 0.3 is 0 Å². The van der Waals surface area contributed by atoms with E-state index in [9.17, 15) is 9.59 Å². The Morgan fingerprint density at radius 3 is 2.69 bits per heavy atom. The van der Waals surface area contributed by atoms with Crippen molar-refractivity contribution in [3.05, 3.63) is 35.4 Å². The Labute approximate surface area is 75.5 Å². The molecule has 2 rings (SSSR count). The summed E-state index contributed by atoms with van der Waals surface area (Å²) in [6.45, 7) is 0. The molecule has 0 saturated carbocycles. The maximum absolute atomic E-state index is 11.5. The van der Waals surface area contributed by atoms with Crippen LogP contribution < -0.4 is 5.73 Å². The number of carbonyl (C=O) groups excluding carboxylic acids is 2. The third-order valence-corrected chi connectivity index (χ3v) is 2.37. The topological polar surface area (TPSA) is 60.2 Å². The standard InChI is InChI=1S/C10H9NO2/c11-10(13)8-5-6-3-1-2-4-7(6)9(8)12/h1-4,8H,5H2,(H2,11,13). The van der Waals surface area contributed by atoms with Gasteiger partial charge in [-0.25, -0.2) is 0 Å². The first-order chi connectivity index (χ1) is 6.20. The first kappa shape index (κ1) is 7.98. The molecule has 3 heteroatoms. The number of fused-ring (bicyclic) bond motifs is 1. The second kappa shape index (κ2) is 2.69. The Morgan fingerprint density at radius 1 is 1.38 bits per heavy atom. The first-order valence-corrected chi connectivity index (χ1v) is 4.11. The summed E-state index contributed by atoms with van der Waals surface area (Å²) in [4.78, 5) is 22.4. The largest absolute Gasteiger partial charge is 0.369 e. The summed E-state index contributed by atoms with van der Waals surface area (Å²) in [6, 6.07) is 7.24. The normalized spacial score (nSPS) is 20.0. The fraction of sp³-hybridized carbons (Fsp3) is 0.200. The van der Waals surface area contributed by atoms with E-state index in [4.69, 9.17) is 5.73 Å². The average molecular weight is 175 g/mol. The van der Waals surface area contributed by atoms with E-state index >= 15 is 0 Å². The lowest BCUT2D eigenvalue weighted by molar-refractivity contribution is -0.120. The van der Waals surface area contributed by atoms with Gasteiger partial charge in [-0.3, -0.25) is 9.59 Å². The van der Waals surface area contributed by atoms with Gasteiger partial charge in [0.15, 0.2) is 5.78 Å². The summed E-state index contributed by atoms with van der Waals surface area (Å²) in [7, 11) is 0. The minimum atomic E-state index is -0.641. The highest BCUT2D eigenvalue weighted by atomic mass is 16.2. The quantitative estimate of drug-likeness (QED) is 0.633. The van der Waals surface area contributed by atoms with Gasteiger partial charge in [-0.05, 0) is 12.0 Å². The van der Waals surface area contributed by atoms with E-state index in [2.05, 4.69) is 0 Å². The molecule has 1 unspecified atom stereocenters. The summed E-state index contributed by atoms with van der Waals surface area (Å²) in [5, 5.41) is 0. The highest BCUT2D eigenvalue weighted by molar-refractivity contribution is 6.13. The van der Waals surface area contributed by atoms with Gasteiger partial charge in [-0.2, -0.15) is 0 Å². The Bertz CT molecular complexity index is 384. The van der Waals surface area contributed by atoms with Crippen LogP contribution in [0, 0.1) is 5.92 Å². The van der Waals surface area contributed by atoms with Gasteiger partial charge in [0.2, 0.25) is 5.91 Å². The van der Waals surface area contributed by atoms with Crippen molar-refractivity contribution in [3.8, 4) is 0 Å². The van der Waals surface area contributed by atoms with E-state index in [1.807, 2.05) is 12.1 Å². The molecule has 1 aliphatic rings. The van der Waals surface area contributed by atoms with E-state index in [0.29, 0.717) is 12.0 Å². The zero-order valence-corrected chi connectivity index (χ0v) is 6.99. The fourth-order valence-electron chi connectivity index (χ4n) is 1.67. The van der Waals surface area contributed by atoms with Crippen LogP contribution in [-0.4, -0.2) is 11.7 Å². The van der Waals surface area contributed by atoms with E-state index in [1.54, 1.807) is 12.1 Å². The summed E-state index contributed by atoms with van der Waals surface area (Å²) < 4.78 is 0. The van der Waals surface area contributed by atoms with Gasteiger partial charge in [0.05, 0.1) is 0 Å². The van der Waals surface area contributed by atoms with Crippen molar-refractivity contribution >= 4 is 11.7 Å². The van der Waals surface area contributed by atoms with Crippen molar-refractivity contribution in [2.24, 2.45) is 11.7 Å². The molecule has 1 aliphatic carbocycles. The lowest BCUT2D eigenvalue weighted by Gasteiger charge is -1.99. The Hall–Kier alpha value is -1.64. The Balaban J connectivity index is 2.44. The molecule has 1 aromatic rings. The summed E-state index contributed by atoms with van der Waals surface area (Å²) in [5.74, 6) is -1.30. The minimum Gasteiger partial charge on any atom is -0.369 e. The first-order valence-electron chi connectivity index (χ1n) is 4.11. The van der Waals surface area contributed by atoms with Crippen LogP contribution in [0.3, 0.4) is 0 Å². The summed E-state index contributed by atoms with van der Waals surface area (Å²) >= 11 is 0. The molecule has 0 aromatic heterocycles. The number of amides is 1. The molecule has 0 spiro atoms. The molecule has 3 nitrogen and oxygen atoms in total.